The number of aromatic amines is 1. The molecule has 0 aliphatic rings. The first-order valence-electron chi connectivity index (χ1n) is 8.13. The van der Waals surface area contributed by atoms with Crippen LogP contribution >= 0.6 is 0 Å². The first kappa shape index (κ1) is 16.9. The topological polar surface area (TPSA) is 72.1 Å². The minimum atomic E-state index is -0.856. The molecule has 1 aromatic heterocycles. The molecule has 1 atom stereocenters. The van der Waals surface area contributed by atoms with E-state index >= 15 is 0 Å². The highest BCUT2D eigenvalue weighted by atomic mass is 16.5. The quantitative estimate of drug-likeness (QED) is 0.579. The third-order valence-electron chi connectivity index (χ3n) is 4.44. The summed E-state index contributed by atoms with van der Waals surface area (Å²) in [6, 6.07) is 8.95. The van der Waals surface area contributed by atoms with Crippen molar-refractivity contribution in [3.8, 4) is 0 Å². The molecule has 0 bridgehead atoms. The van der Waals surface area contributed by atoms with Crippen LogP contribution in [0.1, 0.15) is 44.3 Å². The van der Waals surface area contributed by atoms with Crippen molar-refractivity contribution in [1.29, 1.82) is 0 Å². The number of carbonyl (C=O) groups is 2. The number of fused-ring (bicyclic) bond motifs is 1. The largest absolute Gasteiger partial charge is 0.451 e. The molecule has 0 spiro atoms. The van der Waals surface area contributed by atoms with E-state index in [9.17, 15) is 9.59 Å². The molecular formula is C20H20N2O3. The molecule has 0 aliphatic heterocycles. The molecule has 1 heterocycles. The molecule has 5 nitrogen and oxygen atoms in total. The van der Waals surface area contributed by atoms with Gasteiger partial charge in [-0.25, -0.2) is 4.79 Å². The number of ketones is 1. The first-order chi connectivity index (χ1) is 11.9. The second-order valence-electron chi connectivity index (χ2n) is 6.34. The van der Waals surface area contributed by atoms with Gasteiger partial charge < -0.3 is 4.74 Å². The molecule has 0 saturated carbocycles. The monoisotopic (exact) mass is 336 g/mol. The molecule has 3 aromatic rings. The Morgan fingerprint density at radius 1 is 1.04 bits per heavy atom. The van der Waals surface area contributed by atoms with Gasteiger partial charge in [0.1, 0.15) is 0 Å². The van der Waals surface area contributed by atoms with E-state index in [0.717, 1.165) is 27.6 Å². The Bertz CT molecular complexity index is 972. The maximum absolute atomic E-state index is 12.7. The van der Waals surface area contributed by atoms with E-state index in [-0.39, 0.29) is 5.78 Å². The van der Waals surface area contributed by atoms with Gasteiger partial charge in [0, 0.05) is 10.9 Å². The Morgan fingerprint density at radius 3 is 2.52 bits per heavy atom. The number of ether oxygens (including phenoxy) is 1. The van der Waals surface area contributed by atoms with Crippen LogP contribution in [0.2, 0.25) is 0 Å². The predicted octanol–water partition coefficient (Wildman–Crippen LogP) is 3.92. The molecule has 0 amide bonds. The number of aromatic nitrogens is 2. The molecule has 1 N–H and O–H groups in total. The summed E-state index contributed by atoms with van der Waals surface area (Å²) >= 11 is 0. The summed E-state index contributed by atoms with van der Waals surface area (Å²) < 4.78 is 5.38. The zero-order valence-corrected chi connectivity index (χ0v) is 14.7. The van der Waals surface area contributed by atoms with Crippen molar-refractivity contribution in [3.05, 3.63) is 64.3 Å². The zero-order chi connectivity index (χ0) is 18.1. The number of hydrogen-bond donors (Lipinski definition) is 1. The molecule has 25 heavy (non-hydrogen) atoms. The van der Waals surface area contributed by atoms with Crippen LogP contribution in [-0.4, -0.2) is 28.1 Å². The Morgan fingerprint density at radius 2 is 1.76 bits per heavy atom. The second kappa shape index (κ2) is 6.51. The number of Topliss-reactive ketones (excluding diaryl/α,β-unsaturated/α-hetero) is 1. The smallest absolute Gasteiger partial charge is 0.338 e. The van der Waals surface area contributed by atoms with Crippen LogP contribution in [0, 0.1) is 20.8 Å². The number of rotatable bonds is 4. The van der Waals surface area contributed by atoms with E-state index in [0.29, 0.717) is 11.1 Å². The second-order valence-corrected chi connectivity index (χ2v) is 6.34. The van der Waals surface area contributed by atoms with Gasteiger partial charge in [0.25, 0.3) is 0 Å². The summed E-state index contributed by atoms with van der Waals surface area (Å²) in [5.41, 5.74) is 4.78. The Hall–Kier alpha value is -2.95. The maximum atomic E-state index is 12.7. The SMILES string of the molecule is Cc1cc(C)c(C(=O)[C@H](C)OC(=O)c2ccc3cn[nH]c3c2)cc1C. The lowest BCUT2D eigenvalue weighted by Crippen LogP contribution is -2.25. The van der Waals surface area contributed by atoms with Gasteiger partial charge in [0.05, 0.1) is 17.3 Å². The fourth-order valence-corrected chi connectivity index (χ4v) is 2.79. The summed E-state index contributed by atoms with van der Waals surface area (Å²) in [4.78, 5) is 25.0. The van der Waals surface area contributed by atoms with Crippen molar-refractivity contribution < 1.29 is 14.3 Å². The van der Waals surface area contributed by atoms with E-state index in [1.165, 1.54) is 0 Å². The molecule has 2 aromatic carbocycles. The summed E-state index contributed by atoms with van der Waals surface area (Å²) in [6.45, 7) is 7.46. The van der Waals surface area contributed by atoms with E-state index in [1.807, 2.05) is 32.9 Å². The number of esters is 1. The number of benzene rings is 2. The minimum absolute atomic E-state index is 0.198. The highest BCUT2D eigenvalue weighted by Crippen LogP contribution is 2.19. The Balaban J connectivity index is 1.78. The van der Waals surface area contributed by atoms with Gasteiger partial charge >= 0.3 is 5.97 Å². The normalized spacial score (nSPS) is 12.2. The number of H-pyrrole nitrogens is 1. The summed E-state index contributed by atoms with van der Waals surface area (Å²) in [7, 11) is 0. The predicted molar refractivity (Wildman–Crippen MR) is 96.0 cm³/mol. The molecular weight excluding hydrogens is 316 g/mol. The van der Waals surface area contributed by atoms with Gasteiger partial charge in [-0.2, -0.15) is 5.10 Å². The molecule has 5 heteroatoms. The minimum Gasteiger partial charge on any atom is -0.451 e. The standard InChI is InChI=1S/C20H20N2O3/c1-11-7-13(3)17(8-12(11)2)19(23)14(4)25-20(24)15-5-6-16-10-21-22-18(16)9-15/h5-10,14H,1-4H3,(H,21,22)/t14-/m0/s1. The molecule has 0 radical (unpaired) electrons. The van der Waals surface area contributed by atoms with E-state index in [4.69, 9.17) is 4.74 Å². The molecule has 3 rings (SSSR count). The highest BCUT2D eigenvalue weighted by molar-refractivity contribution is 6.03. The number of carbonyl (C=O) groups excluding carboxylic acids is 2. The van der Waals surface area contributed by atoms with E-state index in [1.54, 1.807) is 31.3 Å². The molecule has 0 saturated heterocycles. The van der Waals surface area contributed by atoms with Crippen molar-refractivity contribution in [2.75, 3.05) is 0 Å². The summed E-state index contributed by atoms with van der Waals surface area (Å²) in [5.74, 6) is -0.726. The van der Waals surface area contributed by atoms with E-state index < -0.39 is 12.1 Å². The maximum Gasteiger partial charge on any atom is 0.338 e. The average Bonchev–Trinajstić information content (AvgIpc) is 3.05. The fraction of sp³-hybridized carbons (Fsp3) is 0.250. The highest BCUT2D eigenvalue weighted by Gasteiger charge is 2.22. The number of nitrogens with zero attached hydrogens (tertiary/aromatic N) is 1. The van der Waals surface area contributed by atoms with Gasteiger partial charge in [-0.3, -0.25) is 9.89 Å². The molecule has 0 aliphatic carbocycles. The van der Waals surface area contributed by atoms with Crippen LogP contribution < -0.4 is 0 Å². The Kier molecular flexibility index (Phi) is 4.40. The fourth-order valence-electron chi connectivity index (χ4n) is 2.79. The number of hydrogen-bond acceptors (Lipinski definition) is 4. The van der Waals surface area contributed by atoms with Gasteiger partial charge in [-0.15, -0.1) is 0 Å². The molecule has 0 fully saturated rings. The van der Waals surface area contributed by atoms with Crippen LogP contribution in [0.15, 0.2) is 36.5 Å². The van der Waals surface area contributed by atoms with Crippen molar-refractivity contribution in [3.63, 3.8) is 0 Å². The lowest BCUT2D eigenvalue weighted by Gasteiger charge is -2.15. The van der Waals surface area contributed by atoms with Gasteiger partial charge in [-0.1, -0.05) is 12.1 Å². The van der Waals surface area contributed by atoms with Gasteiger partial charge in [0.2, 0.25) is 5.78 Å². The lowest BCUT2D eigenvalue weighted by molar-refractivity contribution is 0.0318. The van der Waals surface area contributed by atoms with Crippen LogP contribution in [0.25, 0.3) is 10.9 Å². The van der Waals surface area contributed by atoms with Gasteiger partial charge in [0.15, 0.2) is 6.10 Å². The van der Waals surface area contributed by atoms with Crippen LogP contribution in [0.5, 0.6) is 0 Å². The third kappa shape index (κ3) is 3.31. The number of nitrogens with one attached hydrogen (secondary N) is 1. The lowest BCUT2D eigenvalue weighted by atomic mass is 9.96. The van der Waals surface area contributed by atoms with Crippen LogP contribution in [-0.2, 0) is 4.74 Å². The van der Waals surface area contributed by atoms with Gasteiger partial charge in [-0.05, 0) is 62.6 Å². The summed E-state index contributed by atoms with van der Waals surface area (Å²) in [6.07, 6.45) is 0.824. The van der Waals surface area contributed by atoms with Crippen LogP contribution in [0.3, 0.4) is 0 Å². The van der Waals surface area contributed by atoms with Crippen molar-refractivity contribution in [2.24, 2.45) is 0 Å². The average molecular weight is 336 g/mol. The molecule has 0 unspecified atom stereocenters. The first-order valence-corrected chi connectivity index (χ1v) is 8.13. The Labute approximate surface area is 146 Å². The van der Waals surface area contributed by atoms with Crippen molar-refractivity contribution >= 4 is 22.7 Å². The van der Waals surface area contributed by atoms with Crippen LogP contribution in [0.4, 0.5) is 0 Å². The molecule has 128 valence electrons. The van der Waals surface area contributed by atoms with Crippen molar-refractivity contribution in [1.82, 2.24) is 10.2 Å². The summed E-state index contributed by atoms with van der Waals surface area (Å²) in [5, 5.41) is 7.64. The third-order valence-corrected chi connectivity index (χ3v) is 4.44. The zero-order valence-electron chi connectivity index (χ0n) is 14.7. The van der Waals surface area contributed by atoms with Crippen molar-refractivity contribution in [2.45, 2.75) is 33.8 Å². The number of aryl methyl sites for hydroxylation is 3. The van der Waals surface area contributed by atoms with E-state index in [2.05, 4.69) is 10.2 Å².